The molecule has 0 fully saturated rings. The Morgan fingerprint density at radius 1 is 1.09 bits per heavy atom. The Morgan fingerprint density at radius 2 is 1.78 bits per heavy atom. The lowest BCUT2D eigenvalue weighted by Crippen LogP contribution is -2.41. The van der Waals surface area contributed by atoms with Crippen molar-refractivity contribution in [2.45, 2.75) is 19.9 Å². The monoisotopic (exact) mass is 441 g/mol. The normalized spacial score (nSPS) is 15.8. The van der Waals surface area contributed by atoms with Crippen molar-refractivity contribution in [3.8, 4) is 5.88 Å². The minimum absolute atomic E-state index is 0.00266. The molecule has 1 unspecified atom stereocenters. The molecule has 0 spiro atoms. The summed E-state index contributed by atoms with van der Waals surface area (Å²) in [6.45, 7) is 5.18. The van der Waals surface area contributed by atoms with Crippen molar-refractivity contribution in [1.29, 1.82) is 0 Å². The maximum atomic E-state index is 13.1. The molecule has 168 valence electrons. The van der Waals surface area contributed by atoms with Crippen LogP contribution in [0.3, 0.4) is 0 Å². The van der Waals surface area contributed by atoms with Gasteiger partial charge < -0.3 is 9.52 Å². The Labute approximate surface area is 180 Å². The van der Waals surface area contributed by atoms with E-state index in [1.165, 1.54) is 14.1 Å². The van der Waals surface area contributed by atoms with Crippen LogP contribution in [0.15, 0.2) is 29.7 Å². The fourth-order valence-corrected chi connectivity index (χ4v) is 4.11. The molecule has 32 heavy (non-hydrogen) atoms. The van der Waals surface area contributed by atoms with Gasteiger partial charge in [-0.1, -0.05) is 26.0 Å². The summed E-state index contributed by atoms with van der Waals surface area (Å²) in [6.07, 6.45) is 5.07. The van der Waals surface area contributed by atoms with Crippen LogP contribution in [0.4, 0.5) is 0 Å². The number of nitrogens with zero attached hydrogens (tertiary/aromatic N) is 3. The van der Waals surface area contributed by atoms with E-state index < -0.39 is 34.4 Å². The number of aromatic hydroxyl groups is 1. The Balaban J connectivity index is 2.12. The molecule has 1 atom stereocenters. The number of likely N-dealkylation sites (N-methyl/N-ethyl adjacent to an activating group) is 1. The first-order valence-corrected chi connectivity index (χ1v) is 10.1. The molecular formula is C21H23N5O6. The van der Waals surface area contributed by atoms with Gasteiger partial charge in [0.05, 0.1) is 6.04 Å². The Hall–Kier alpha value is -3.86. The maximum Gasteiger partial charge on any atom is 0.333 e. The zero-order chi connectivity index (χ0) is 23.3. The summed E-state index contributed by atoms with van der Waals surface area (Å²) < 4.78 is 7.68. The van der Waals surface area contributed by atoms with Crippen LogP contribution >= 0.6 is 0 Å². The minimum atomic E-state index is -0.704. The van der Waals surface area contributed by atoms with Gasteiger partial charge in [-0.25, -0.2) is 9.59 Å². The number of rotatable bonds is 4. The molecule has 3 heterocycles. The van der Waals surface area contributed by atoms with Gasteiger partial charge in [-0.3, -0.25) is 33.6 Å². The summed E-state index contributed by atoms with van der Waals surface area (Å²) in [7, 11) is 2.71. The molecule has 0 amide bonds. The molecule has 11 heteroatoms. The quantitative estimate of drug-likeness (QED) is 0.524. The predicted molar refractivity (Wildman–Crippen MR) is 120 cm³/mol. The van der Waals surface area contributed by atoms with Crippen molar-refractivity contribution in [1.82, 2.24) is 24.0 Å². The van der Waals surface area contributed by atoms with Crippen molar-refractivity contribution in [3.05, 3.63) is 64.6 Å². The van der Waals surface area contributed by atoms with Crippen LogP contribution in [0.5, 0.6) is 5.88 Å². The number of furan rings is 1. The van der Waals surface area contributed by atoms with Gasteiger partial charge in [0.1, 0.15) is 16.7 Å². The SMILES string of the molecule is CCN(CC)C1C=Cc2c(oc3[nH]c(=O)[nH]c(=O)c23)C=C1c1c(O)n(C)c(=O)n(C)c1=O. The summed E-state index contributed by atoms with van der Waals surface area (Å²) in [6, 6.07) is -0.458. The maximum absolute atomic E-state index is 13.1. The Kier molecular flexibility index (Phi) is 5.13. The number of aromatic nitrogens is 4. The zero-order valence-corrected chi connectivity index (χ0v) is 18.1. The number of aromatic amines is 2. The second-order valence-corrected chi connectivity index (χ2v) is 7.52. The minimum Gasteiger partial charge on any atom is -0.494 e. The first kappa shape index (κ1) is 21.4. The van der Waals surface area contributed by atoms with E-state index >= 15 is 0 Å². The van der Waals surface area contributed by atoms with Crippen LogP contribution in [-0.4, -0.2) is 48.2 Å². The largest absolute Gasteiger partial charge is 0.494 e. The third-order valence-electron chi connectivity index (χ3n) is 5.83. The molecule has 3 aromatic heterocycles. The van der Waals surface area contributed by atoms with E-state index in [4.69, 9.17) is 4.42 Å². The second kappa shape index (κ2) is 7.68. The lowest BCUT2D eigenvalue weighted by atomic mass is 9.98. The van der Waals surface area contributed by atoms with Crippen LogP contribution in [0.1, 0.15) is 30.7 Å². The lowest BCUT2D eigenvalue weighted by molar-refractivity contribution is 0.294. The van der Waals surface area contributed by atoms with Gasteiger partial charge in [-0.05, 0) is 24.7 Å². The van der Waals surface area contributed by atoms with Crippen LogP contribution in [0.2, 0.25) is 0 Å². The van der Waals surface area contributed by atoms with Gasteiger partial charge >= 0.3 is 11.4 Å². The van der Waals surface area contributed by atoms with E-state index in [0.29, 0.717) is 24.2 Å². The number of nitrogens with one attached hydrogen (secondary N) is 2. The summed E-state index contributed by atoms with van der Waals surface area (Å²) in [5.74, 6) is -0.232. The van der Waals surface area contributed by atoms with Crippen molar-refractivity contribution in [2.24, 2.45) is 14.1 Å². The van der Waals surface area contributed by atoms with E-state index in [9.17, 15) is 24.3 Å². The molecule has 4 rings (SSSR count). The average Bonchev–Trinajstić information content (AvgIpc) is 3.00. The lowest BCUT2D eigenvalue weighted by Gasteiger charge is -2.29. The van der Waals surface area contributed by atoms with Gasteiger partial charge in [0, 0.05) is 19.7 Å². The number of hydrogen-bond acceptors (Lipinski definition) is 7. The standard InChI is InChI=1S/C21H23N5O6/c1-5-26(6-2)12-8-7-10-13(32-17-14(10)16(27)22-20(30)23-17)9-11(12)15-18(28)24(3)21(31)25(4)19(15)29/h7-9,12,28H,5-6H2,1-4H3,(H2,22,23,27,30). The highest BCUT2D eigenvalue weighted by molar-refractivity contribution is 5.96. The first-order valence-electron chi connectivity index (χ1n) is 10.1. The van der Waals surface area contributed by atoms with E-state index in [1.807, 2.05) is 18.7 Å². The van der Waals surface area contributed by atoms with Crippen LogP contribution < -0.4 is 22.5 Å². The van der Waals surface area contributed by atoms with Gasteiger partial charge in [0.25, 0.3) is 11.1 Å². The average molecular weight is 441 g/mol. The summed E-state index contributed by atoms with van der Waals surface area (Å²) in [5.41, 5.74) is -1.83. The molecule has 0 bridgehead atoms. The highest BCUT2D eigenvalue weighted by atomic mass is 16.3. The highest BCUT2D eigenvalue weighted by Gasteiger charge is 2.30. The molecule has 1 aliphatic carbocycles. The topological polar surface area (TPSA) is 146 Å². The third kappa shape index (κ3) is 3.09. The molecule has 3 aromatic rings. The van der Waals surface area contributed by atoms with Gasteiger partial charge in [0.2, 0.25) is 11.6 Å². The van der Waals surface area contributed by atoms with E-state index in [2.05, 4.69) is 9.97 Å². The second-order valence-electron chi connectivity index (χ2n) is 7.52. The van der Waals surface area contributed by atoms with Crippen molar-refractivity contribution < 1.29 is 9.52 Å². The smallest absolute Gasteiger partial charge is 0.333 e. The van der Waals surface area contributed by atoms with E-state index in [-0.39, 0.29) is 22.4 Å². The number of H-pyrrole nitrogens is 2. The van der Waals surface area contributed by atoms with Crippen molar-refractivity contribution in [2.75, 3.05) is 13.1 Å². The predicted octanol–water partition coefficient (Wildman–Crippen LogP) is 0.190. The van der Waals surface area contributed by atoms with Crippen LogP contribution in [-0.2, 0) is 14.1 Å². The van der Waals surface area contributed by atoms with Gasteiger partial charge in [-0.2, -0.15) is 0 Å². The fraction of sp³-hybridized carbons (Fsp3) is 0.333. The van der Waals surface area contributed by atoms with Crippen LogP contribution in [0, 0.1) is 0 Å². The van der Waals surface area contributed by atoms with Crippen molar-refractivity contribution in [3.63, 3.8) is 0 Å². The van der Waals surface area contributed by atoms with E-state index in [1.54, 1.807) is 18.2 Å². The van der Waals surface area contributed by atoms with Gasteiger partial charge in [-0.15, -0.1) is 0 Å². The Morgan fingerprint density at radius 3 is 2.44 bits per heavy atom. The summed E-state index contributed by atoms with van der Waals surface area (Å²) in [4.78, 5) is 56.1. The molecular weight excluding hydrogens is 418 g/mol. The number of fused-ring (bicyclic) bond motifs is 3. The Bertz CT molecular complexity index is 1520. The summed E-state index contributed by atoms with van der Waals surface area (Å²) >= 11 is 0. The molecule has 3 N–H and O–H groups in total. The molecule has 0 aliphatic heterocycles. The van der Waals surface area contributed by atoms with E-state index in [0.717, 1.165) is 9.13 Å². The molecule has 0 saturated heterocycles. The molecule has 0 saturated carbocycles. The third-order valence-corrected chi connectivity index (χ3v) is 5.83. The molecule has 1 aliphatic rings. The highest BCUT2D eigenvalue weighted by Crippen LogP contribution is 2.35. The molecule has 0 aromatic carbocycles. The first-order chi connectivity index (χ1) is 15.2. The van der Waals surface area contributed by atoms with Crippen molar-refractivity contribution >= 4 is 28.8 Å². The fourth-order valence-electron chi connectivity index (χ4n) is 4.11. The molecule has 0 radical (unpaired) electrons. The van der Waals surface area contributed by atoms with Gasteiger partial charge in [0.15, 0.2) is 0 Å². The number of hydrogen-bond donors (Lipinski definition) is 3. The molecule has 11 nitrogen and oxygen atoms in total. The summed E-state index contributed by atoms with van der Waals surface area (Å²) in [5, 5.41) is 10.9. The van der Waals surface area contributed by atoms with Crippen LogP contribution in [0.25, 0.3) is 28.8 Å². The zero-order valence-electron chi connectivity index (χ0n) is 18.1.